The molecular formula is C10H9NO2. The van der Waals surface area contributed by atoms with E-state index in [9.17, 15) is 9.59 Å². The second-order valence-corrected chi connectivity index (χ2v) is 3.05. The van der Waals surface area contributed by atoms with Crippen molar-refractivity contribution < 1.29 is 9.59 Å². The molecule has 0 radical (unpaired) electrons. The zero-order valence-electron chi connectivity index (χ0n) is 6.99. The second kappa shape index (κ2) is 3.01. The number of carbonyl (C=O) groups is 2. The Morgan fingerprint density at radius 2 is 1.92 bits per heavy atom. The zero-order valence-corrected chi connectivity index (χ0v) is 6.99. The highest BCUT2D eigenvalue weighted by Gasteiger charge is 2.31. The third-order valence-electron chi connectivity index (χ3n) is 2.10. The standard InChI is InChI=1S/C10H9NO2/c12-9-6-8(11-9)10(13)7-4-2-1-3-5-7/h1-5,8H,6H2,(H,11,12). The van der Waals surface area contributed by atoms with Crippen molar-refractivity contribution in [3.63, 3.8) is 0 Å². The average Bonchev–Trinajstić information content (AvgIpc) is 2.13. The zero-order chi connectivity index (χ0) is 9.26. The Morgan fingerprint density at radius 3 is 2.46 bits per heavy atom. The van der Waals surface area contributed by atoms with Crippen molar-refractivity contribution in [2.45, 2.75) is 12.5 Å². The molecule has 3 heteroatoms. The van der Waals surface area contributed by atoms with E-state index in [1.807, 2.05) is 18.2 Å². The summed E-state index contributed by atoms with van der Waals surface area (Å²) >= 11 is 0. The van der Waals surface area contributed by atoms with Crippen LogP contribution in [-0.4, -0.2) is 17.7 Å². The largest absolute Gasteiger partial charge is 0.345 e. The lowest BCUT2D eigenvalue weighted by Gasteiger charge is -2.25. The number of benzene rings is 1. The molecule has 0 saturated carbocycles. The van der Waals surface area contributed by atoms with Gasteiger partial charge in [-0.3, -0.25) is 9.59 Å². The van der Waals surface area contributed by atoms with E-state index in [0.717, 1.165) is 0 Å². The first kappa shape index (κ1) is 7.98. The van der Waals surface area contributed by atoms with Crippen LogP contribution in [-0.2, 0) is 4.79 Å². The Balaban J connectivity index is 2.10. The third-order valence-corrected chi connectivity index (χ3v) is 2.10. The highest BCUT2D eigenvalue weighted by Crippen LogP contribution is 2.11. The van der Waals surface area contributed by atoms with Crippen LogP contribution in [0.1, 0.15) is 16.8 Å². The molecule has 1 atom stereocenters. The Bertz CT molecular complexity index is 337. The molecule has 2 rings (SSSR count). The molecule has 0 aliphatic carbocycles. The molecule has 1 aliphatic rings. The summed E-state index contributed by atoms with van der Waals surface area (Å²) in [5, 5.41) is 2.55. The van der Waals surface area contributed by atoms with Gasteiger partial charge >= 0.3 is 0 Å². The minimum absolute atomic E-state index is 0.000185. The smallest absolute Gasteiger partial charge is 0.223 e. The molecule has 1 N–H and O–H groups in total. The van der Waals surface area contributed by atoms with Crippen LogP contribution in [0.2, 0.25) is 0 Å². The molecule has 66 valence electrons. The van der Waals surface area contributed by atoms with E-state index in [4.69, 9.17) is 0 Å². The number of carbonyl (C=O) groups excluding carboxylic acids is 2. The first-order valence-corrected chi connectivity index (χ1v) is 4.16. The van der Waals surface area contributed by atoms with Gasteiger partial charge in [0.1, 0.15) is 6.04 Å². The van der Waals surface area contributed by atoms with Gasteiger partial charge < -0.3 is 5.32 Å². The van der Waals surface area contributed by atoms with Crippen molar-refractivity contribution in [3.05, 3.63) is 35.9 Å². The van der Waals surface area contributed by atoms with Crippen LogP contribution >= 0.6 is 0 Å². The van der Waals surface area contributed by atoms with Crippen LogP contribution in [0, 0.1) is 0 Å². The lowest BCUT2D eigenvalue weighted by Crippen LogP contribution is -2.53. The second-order valence-electron chi connectivity index (χ2n) is 3.05. The number of amides is 1. The molecule has 1 fully saturated rings. The van der Waals surface area contributed by atoms with E-state index in [1.165, 1.54) is 0 Å². The van der Waals surface area contributed by atoms with E-state index in [-0.39, 0.29) is 17.7 Å². The van der Waals surface area contributed by atoms with Gasteiger partial charge in [0.15, 0.2) is 5.78 Å². The van der Waals surface area contributed by atoms with Gasteiger partial charge in [-0.05, 0) is 0 Å². The first-order valence-electron chi connectivity index (χ1n) is 4.16. The summed E-state index contributed by atoms with van der Waals surface area (Å²) in [7, 11) is 0. The van der Waals surface area contributed by atoms with E-state index in [2.05, 4.69) is 5.32 Å². The van der Waals surface area contributed by atoms with Gasteiger partial charge in [-0.1, -0.05) is 30.3 Å². The van der Waals surface area contributed by atoms with Crippen LogP contribution in [0.4, 0.5) is 0 Å². The summed E-state index contributed by atoms with van der Waals surface area (Å²) in [6.07, 6.45) is 0.327. The monoisotopic (exact) mass is 175 g/mol. The minimum atomic E-state index is -0.296. The summed E-state index contributed by atoms with van der Waals surface area (Å²) in [5.41, 5.74) is 0.660. The Kier molecular flexibility index (Phi) is 1.85. The van der Waals surface area contributed by atoms with Crippen LogP contribution in [0.15, 0.2) is 30.3 Å². The average molecular weight is 175 g/mol. The molecule has 1 aliphatic heterocycles. The number of Topliss-reactive ketones (excluding diaryl/α,β-unsaturated/α-hetero) is 1. The minimum Gasteiger partial charge on any atom is -0.345 e. The fourth-order valence-corrected chi connectivity index (χ4v) is 1.32. The predicted molar refractivity (Wildman–Crippen MR) is 47.3 cm³/mol. The lowest BCUT2D eigenvalue weighted by atomic mass is 9.96. The number of hydrogen-bond acceptors (Lipinski definition) is 2. The molecule has 0 spiro atoms. The highest BCUT2D eigenvalue weighted by atomic mass is 16.2. The van der Waals surface area contributed by atoms with Crippen molar-refractivity contribution in [1.82, 2.24) is 5.32 Å². The third kappa shape index (κ3) is 1.45. The summed E-state index contributed by atoms with van der Waals surface area (Å²) in [4.78, 5) is 22.1. The van der Waals surface area contributed by atoms with Crippen molar-refractivity contribution in [1.29, 1.82) is 0 Å². The fraction of sp³-hybridized carbons (Fsp3) is 0.200. The van der Waals surface area contributed by atoms with Crippen molar-refractivity contribution >= 4 is 11.7 Å². The summed E-state index contributed by atoms with van der Waals surface area (Å²) in [6, 6.07) is 8.70. The number of ketones is 1. The molecule has 1 amide bonds. The van der Waals surface area contributed by atoms with Crippen molar-refractivity contribution in [2.24, 2.45) is 0 Å². The molecule has 1 aromatic carbocycles. The molecule has 1 saturated heterocycles. The molecule has 3 nitrogen and oxygen atoms in total. The first-order chi connectivity index (χ1) is 6.27. The SMILES string of the molecule is O=C1CC(C(=O)c2ccccc2)N1. The molecule has 1 heterocycles. The number of hydrogen-bond donors (Lipinski definition) is 1. The molecule has 1 unspecified atom stereocenters. The normalized spacial score (nSPS) is 20.3. The predicted octanol–water partition coefficient (Wildman–Crippen LogP) is 0.758. The van der Waals surface area contributed by atoms with Gasteiger partial charge in [-0.15, -0.1) is 0 Å². The van der Waals surface area contributed by atoms with Crippen molar-refractivity contribution in [3.8, 4) is 0 Å². The molecule has 0 bridgehead atoms. The van der Waals surface area contributed by atoms with Gasteiger partial charge in [0.05, 0.1) is 6.42 Å². The maximum Gasteiger partial charge on any atom is 0.223 e. The van der Waals surface area contributed by atoms with E-state index >= 15 is 0 Å². The summed E-state index contributed by atoms with van der Waals surface area (Å²) < 4.78 is 0. The van der Waals surface area contributed by atoms with Crippen LogP contribution in [0.3, 0.4) is 0 Å². The maximum atomic E-state index is 11.6. The molecule has 13 heavy (non-hydrogen) atoms. The van der Waals surface area contributed by atoms with Crippen LogP contribution in [0.25, 0.3) is 0 Å². The Labute approximate surface area is 75.8 Å². The Hall–Kier alpha value is -1.64. The lowest BCUT2D eigenvalue weighted by molar-refractivity contribution is -0.127. The number of rotatable bonds is 2. The van der Waals surface area contributed by atoms with Gasteiger partial charge in [0.25, 0.3) is 0 Å². The summed E-state index contributed by atoms with van der Waals surface area (Å²) in [6.45, 7) is 0. The van der Waals surface area contributed by atoms with Gasteiger partial charge in [-0.25, -0.2) is 0 Å². The highest BCUT2D eigenvalue weighted by molar-refractivity contribution is 6.07. The topological polar surface area (TPSA) is 46.2 Å². The quantitative estimate of drug-likeness (QED) is 0.532. The molecule has 0 aromatic heterocycles. The van der Waals surface area contributed by atoms with E-state index in [1.54, 1.807) is 12.1 Å². The van der Waals surface area contributed by atoms with Gasteiger partial charge in [0, 0.05) is 5.56 Å². The van der Waals surface area contributed by atoms with Crippen LogP contribution in [0.5, 0.6) is 0 Å². The van der Waals surface area contributed by atoms with E-state index < -0.39 is 0 Å². The van der Waals surface area contributed by atoms with Crippen LogP contribution < -0.4 is 5.32 Å². The number of nitrogens with one attached hydrogen (secondary N) is 1. The van der Waals surface area contributed by atoms with Crippen molar-refractivity contribution in [2.75, 3.05) is 0 Å². The Morgan fingerprint density at radius 1 is 1.31 bits per heavy atom. The summed E-state index contributed by atoms with van der Waals surface area (Å²) in [5.74, 6) is -0.0468. The van der Waals surface area contributed by atoms with Gasteiger partial charge in [-0.2, -0.15) is 0 Å². The van der Waals surface area contributed by atoms with E-state index in [0.29, 0.717) is 12.0 Å². The molecular weight excluding hydrogens is 166 g/mol. The molecule has 1 aromatic rings. The van der Waals surface area contributed by atoms with Gasteiger partial charge in [0.2, 0.25) is 5.91 Å². The maximum absolute atomic E-state index is 11.6. The number of β-lactam (4-membered cyclic amide) rings is 1. The fourth-order valence-electron chi connectivity index (χ4n) is 1.32.